The van der Waals surface area contributed by atoms with Gasteiger partial charge >= 0.3 is 5.97 Å². The average Bonchev–Trinajstić information content (AvgIpc) is 2.36. The fraction of sp³-hybridized carbons (Fsp3) is 0.438. The van der Waals surface area contributed by atoms with Crippen molar-refractivity contribution in [3.05, 3.63) is 29.8 Å². The number of rotatable bonds is 5. The highest BCUT2D eigenvalue weighted by atomic mass is 16.5. The lowest BCUT2D eigenvalue weighted by Gasteiger charge is -2.19. The number of ether oxygens (including phenoxy) is 1. The second-order valence-electron chi connectivity index (χ2n) is 6.30. The molecule has 0 radical (unpaired) electrons. The number of primary amides is 1. The number of anilines is 1. The standard InChI is InChI=1S/C16H22N2O4/c1-10(22-13(19)9-16(2,3)4)15(21)18-12-7-5-11(6-8-12)14(17)20/h5-8,10H,9H2,1-4H3,(H2,17,20)(H,18,21)/t10-/m1/s1. The van der Waals surface area contributed by atoms with Crippen LogP contribution < -0.4 is 11.1 Å². The number of nitrogens with one attached hydrogen (secondary N) is 1. The molecule has 3 N–H and O–H groups in total. The van der Waals surface area contributed by atoms with Crippen LogP contribution in [0.2, 0.25) is 0 Å². The highest BCUT2D eigenvalue weighted by Crippen LogP contribution is 2.19. The fourth-order valence-electron chi connectivity index (χ4n) is 1.69. The third kappa shape index (κ3) is 5.95. The van der Waals surface area contributed by atoms with Crippen LogP contribution in [-0.2, 0) is 14.3 Å². The van der Waals surface area contributed by atoms with Gasteiger partial charge in [0.15, 0.2) is 6.10 Å². The van der Waals surface area contributed by atoms with Crippen LogP contribution in [0.3, 0.4) is 0 Å². The van der Waals surface area contributed by atoms with Gasteiger partial charge < -0.3 is 15.8 Å². The zero-order valence-electron chi connectivity index (χ0n) is 13.3. The first kappa shape index (κ1) is 17.7. The molecule has 2 amide bonds. The number of amides is 2. The Morgan fingerprint density at radius 1 is 1.18 bits per heavy atom. The molecule has 0 fully saturated rings. The van der Waals surface area contributed by atoms with Gasteiger partial charge in [0.05, 0.1) is 6.42 Å². The quantitative estimate of drug-likeness (QED) is 0.814. The maximum absolute atomic E-state index is 12.0. The van der Waals surface area contributed by atoms with E-state index < -0.39 is 23.9 Å². The summed E-state index contributed by atoms with van der Waals surface area (Å²) in [4.78, 5) is 34.6. The molecule has 0 bridgehead atoms. The van der Waals surface area contributed by atoms with Crippen molar-refractivity contribution in [1.29, 1.82) is 0 Å². The molecule has 0 aliphatic rings. The third-order valence-electron chi connectivity index (χ3n) is 2.79. The Kier molecular flexibility index (Phi) is 5.68. The molecule has 0 aromatic heterocycles. The zero-order chi connectivity index (χ0) is 16.9. The monoisotopic (exact) mass is 306 g/mol. The Morgan fingerprint density at radius 2 is 1.73 bits per heavy atom. The van der Waals surface area contributed by atoms with E-state index in [1.165, 1.54) is 19.1 Å². The van der Waals surface area contributed by atoms with Gasteiger partial charge in [-0.2, -0.15) is 0 Å². The van der Waals surface area contributed by atoms with Crippen molar-refractivity contribution in [1.82, 2.24) is 0 Å². The van der Waals surface area contributed by atoms with Crippen LogP contribution in [0, 0.1) is 5.41 Å². The van der Waals surface area contributed by atoms with Crippen LogP contribution >= 0.6 is 0 Å². The molecule has 0 saturated carbocycles. The summed E-state index contributed by atoms with van der Waals surface area (Å²) < 4.78 is 5.10. The van der Waals surface area contributed by atoms with Crippen LogP contribution in [0.25, 0.3) is 0 Å². The molecule has 1 aromatic carbocycles. The van der Waals surface area contributed by atoms with E-state index in [9.17, 15) is 14.4 Å². The maximum Gasteiger partial charge on any atom is 0.307 e. The first-order valence-corrected chi connectivity index (χ1v) is 6.99. The fourth-order valence-corrected chi connectivity index (χ4v) is 1.69. The van der Waals surface area contributed by atoms with E-state index >= 15 is 0 Å². The van der Waals surface area contributed by atoms with Crippen molar-refractivity contribution < 1.29 is 19.1 Å². The molecule has 0 saturated heterocycles. The van der Waals surface area contributed by atoms with E-state index in [2.05, 4.69) is 5.32 Å². The summed E-state index contributed by atoms with van der Waals surface area (Å²) >= 11 is 0. The Labute approximate surface area is 130 Å². The van der Waals surface area contributed by atoms with Gasteiger partial charge in [0, 0.05) is 11.3 Å². The van der Waals surface area contributed by atoms with Crippen molar-refractivity contribution in [3.8, 4) is 0 Å². The Hall–Kier alpha value is -2.37. The average molecular weight is 306 g/mol. The molecule has 0 aliphatic heterocycles. The molecule has 6 heteroatoms. The topological polar surface area (TPSA) is 98.5 Å². The molecular formula is C16H22N2O4. The predicted molar refractivity (Wildman–Crippen MR) is 83.2 cm³/mol. The minimum atomic E-state index is -0.898. The van der Waals surface area contributed by atoms with Gasteiger partial charge in [-0.3, -0.25) is 14.4 Å². The van der Waals surface area contributed by atoms with Crippen molar-refractivity contribution in [2.75, 3.05) is 5.32 Å². The van der Waals surface area contributed by atoms with Crippen LogP contribution in [0.15, 0.2) is 24.3 Å². The third-order valence-corrected chi connectivity index (χ3v) is 2.79. The molecule has 0 spiro atoms. The number of hydrogen-bond donors (Lipinski definition) is 2. The summed E-state index contributed by atoms with van der Waals surface area (Å²) in [5.41, 5.74) is 5.78. The normalized spacial score (nSPS) is 12.4. The lowest BCUT2D eigenvalue weighted by atomic mass is 9.92. The highest BCUT2D eigenvalue weighted by molar-refractivity contribution is 5.96. The van der Waals surface area contributed by atoms with E-state index in [1.807, 2.05) is 20.8 Å². The molecule has 1 aromatic rings. The maximum atomic E-state index is 12.0. The molecule has 6 nitrogen and oxygen atoms in total. The molecule has 120 valence electrons. The first-order valence-electron chi connectivity index (χ1n) is 6.99. The summed E-state index contributed by atoms with van der Waals surface area (Å²) in [5.74, 6) is -1.39. The minimum absolute atomic E-state index is 0.197. The smallest absolute Gasteiger partial charge is 0.307 e. The van der Waals surface area contributed by atoms with Gasteiger partial charge in [-0.25, -0.2) is 0 Å². The number of carbonyl (C=O) groups excluding carboxylic acids is 3. The zero-order valence-corrected chi connectivity index (χ0v) is 13.3. The van der Waals surface area contributed by atoms with Gasteiger partial charge in [0.1, 0.15) is 0 Å². The van der Waals surface area contributed by atoms with Gasteiger partial charge in [-0.1, -0.05) is 20.8 Å². The summed E-state index contributed by atoms with van der Waals surface area (Å²) in [7, 11) is 0. The van der Waals surface area contributed by atoms with Gasteiger partial charge in [0.25, 0.3) is 5.91 Å². The minimum Gasteiger partial charge on any atom is -0.453 e. The van der Waals surface area contributed by atoms with E-state index in [0.717, 1.165) is 0 Å². The number of carbonyl (C=O) groups is 3. The van der Waals surface area contributed by atoms with Crippen LogP contribution in [-0.4, -0.2) is 23.9 Å². The van der Waals surface area contributed by atoms with Crippen LogP contribution in [0.5, 0.6) is 0 Å². The van der Waals surface area contributed by atoms with E-state index in [0.29, 0.717) is 11.3 Å². The van der Waals surface area contributed by atoms with E-state index in [1.54, 1.807) is 12.1 Å². The number of esters is 1. The summed E-state index contributed by atoms with van der Waals surface area (Å²) in [5, 5.41) is 2.61. The van der Waals surface area contributed by atoms with E-state index in [-0.39, 0.29) is 11.8 Å². The largest absolute Gasteiger partial charge is 0.453 e. The van der Waals surface area contributed by atoms with Crippen molar-refractivity contribution in [2.24, 2.45) is 11.1 Å². The number of hydrogen-bond acceptors (Lipinski definition) is 4. The summed E-state index contributed by atoms with van der Waals surface area (Å²) in [6, 6.07) is 6.13. The lowest BCUT2D eigenvalue weighted by molar-refractivity contribution is -0.154. The van der Waals surface area contributed by atoms with Gasteiger partial charge in [-0.05, 0) is 36.6 Å². The second-order valence-corrected chi connectivity index (χ2v) is 6.30. The van der Waals surface area contributed by atoms with Gasteiger partial charge in [-0.15, -0.1) is 0 Å². The molecule has 22 heavy (non-hydrogen) atoms. The molecule has 0 unspecified atom stereocenters. The molecule has 1 atom stereocenters. The highest BCUT2D eigenvalue weighted by Gasteiger charge is 2.22. The van der Waals surface area contributed by atoms with Gasteiger partial charge in [0.2, 0.25) is 5.91 Å². The van der Waals surface area contributed by atoms with Crippen molar-refractivity contribution in [2.45, 2.75) is 40.2 Å². The first-order chi connectivity index (χ1) is 10.1. The molecule has 0 aliphatic carbocycles. The lowest BCUT2D eigenvalue weighted by Crippen LogP contribution is -2.31. The predicted octanol–water partition coefficient (Wildman–Crippen LogP) is 2.09. The Bertz CT molecular complexity index is 559. The van der Waals surface area contributed by atoms with Crippen molar-refractivity contribution >= 4 is 23.5 Å². The van der Waals surface area contributed by atoms with E-state index in [4.69, 9.17) is 10.5 Å². The van der Waals surface area contributed by atoms with Crippen LogP contribution in [0.1, 0.15) is 44.5 Å². The molecule has 1 rings (SSSR count). The summed E-state index contributed by atoms with van der Waals surface area (Å²) in [6.07, 6.45) is -0.663. The molecular weight excluding hydrogens is 284 g/mol. The number of nitrogens with two attached hydrogens (primary N) is 1. The summed E-state index contributed by atoms with van der Waals surface area (Å²) in [6.45, 7) is 7.26. The number of benzene rings is 1. The molecule has 0 heterocycles. The Balaban J connectivity index is 2.57. The van der Waals surface area contributed by atoms with Crippen LogP contribution in [0.4, 0.5) is 5.69 Å². The second kappa shape index (κ2) is 7.06. The van der Waals surface area contributed by atoms with Crippen molar-refractivity contribution in [3.63, 3.8) is 0 Å². The Morgan fingerprint density at radius 3 is 2.18 bits per heavy atom. The SMILES string of the molecule is C[C@@H](OC(=O)CC(C)(C)C)C(=O)Nc1ccc(C(N)=O)cc1.